The van der Waals surface area contributed by atoms with Crippen LogP contribution in [0.4, 0.5) is 0 Å². The highest BCUT2D eigenvalue weighted by atomic mass is 35.5. The fourth-order valence-corrected chi connectivity index (χ4v) is 2.31. The molecule has 0 bridgehead atoms. The van der Waals surface area contributed by atoms with E-state index >= 15 is 0 Å². The van der Waals surface area contributed by atoms with Gasteiger partial charge < -0.3 is 19.0 Å². The maximum Gasteiger partial charge on any atom is 0.339 e. The lowest BCUT2D eigenvalue weighted by atomic mass is 10.2. The Morgan fingerprint density at radius 3 is 2.38 bits per heavy atom. The normalized spacial score (nSPS) is 10.7. The van der Waals surface area contributed by atoms with Crippen LogP contribution in [-0.4, -0.2) is 18.3 Å². The van der Waals surface area contributed by atoms with Gasteiger partial charge in [-0.15, -0.1) is 0 Å². The molecule has 3 rings (SSSR count). The Morgan fingerprint density at radius 1 is 0.958 bits per heavy atom. The van der Waals surface area contributed by atoms with E-state index in [-0.39, 0.29) is 11.3 Å². The molecule has 2 aromatic carbocycles. The van der Waals surface area contributed by atoms with Gasteiger partial charge in [0.25, 0.3) is 0 Å². The molecule has 6 heteroatoms. The molecule has 0 atom stereocenters. The van der Waals surface area contributed by atoms with Gasteiger partial charge >= 0.3 is 5.63 Å². The van der Waals surface area contributed by atoms with Crippen molar-refractivity contribution in [1.82, 2.24) is 0 Å². The molecule has 1 aromatic heterocycles. The SMILES string of the molecule is O=c1cc(O)c2ccc(OCCCOc3ccc(Cl)cc3)cc2o1. The second-order valence-electron chi connectivity index (χ2n) is 5.11. The summed E-state index contributed by atoms with van der Waals surface area (Å²) in [6, 6.07) is 13.1. The lowest BCUT2D eigenvalue weighted by Crippen LogP contribution is -2.05. The van der Waals surface area contributed by atoms with Gasteiger partial charge in [0.1, 0.15) is 22.8 Å². The smallest absolute Gasteiger partial charge is 0.339 e. The van der Waals surface area contributed by atoms with Crippen LogP contribution in [0.2, 0.25) is 5.02 Å². The molecule has 24 heavy (non-hydrogen) atoms. The Labute approximate surface area is 143 Å². The van der Waals surface area contributed by atoms with Crippen molar-refractivity contribution in [1.29, 1.82) is 0 Å². The van der Waals surface area contributed by atoms with Crippen molar-refractivity contribution in [3.05, 3.63) is 64.0 Å². The van der Waals surface area contributed by atoms with Crippen LogP contribution in [-0.2, 0) is 0 Å². The molecule has 1 N–H and O–H groups in total. The van der Waals surface area contributed by atoms with Crippen molar-refractivity contribution in [3.63, 3.8) is 0 Å². The van der Waals surface area contributed by atoms with E-state index in [1.165, 1.54) is 0 Å². The highest BCUT2D eigenvalue weighted by molar-refractivity contribution is 6.30. The van der Waals surface area contributed by atoms with Crippen LogP contribution in [0, 0.1) is 0 Å². The highest BCUT2D eigenvalue weighted by Crippen LogP contribution is 2.26. The number of rotatable bonds is 6. The number of ether oxygens (including phenoxy) is 2. The van der Waals surface area contributed by atoms with Gasteiger partial charge in [-0.2, -0.15) is 0 Å². The minimum absolute atomic E-state index is 0.107. The zero-order chi connectivity index (χ0) is 16.9. The summed E-state index contributed by atoms with van der Waals surface area (Å²) in [4.78, 5) is 11.3. The highest BCUT2D eigenvalue weighted by Gasteiger charge is 2.06. The van der Waals surface area contributed by atoms with Gasteiger partial charge in [-0.3, -0.25) is 0 Å². The standard InChI is InChI=1S/C18H15ClO5/c19-12-2-4-13(5-3-12)22-8-1-9-23-14-6-7-15-16(20)11-18(21)24-17(15)10-14/h2-7,10-11,20H,1,8-9H2. The van der Waals surface area contributed by atoms with E-state index in [1.807, 2.05) is 0 Å². The molecule has 0 aliphatic rings. The minimum atomic E-state index is -0.603. The van der Waals surface area contributed by atoms with E-state index in [0.29, 0.717) is 35.8 Å². The number of benzene rings is 2. The molecular formula is C18H15ClO5. The number of halogens is 1. The fourth-order valence-electron chi connectivity index (χ4n) is 2.19. The fraction of sp³-hybridized carbons (Fsp3) is 0.167. The summed E-state index contributed by atoms with van der Waals surface area (Å²) in [5.41, 5.74) is -0.316. The summed E-state index contributed by atoms with van der Waals surface area (Å²) in [5, 5.41) is 10.8. The second kappa shape index (κ2) is 7.27. The average molecular weight is 347 g/mol. The molecule has 0 unspecified atom stereocenters. The Balaban J connectivity index is 1.52. The van der Waals surface area contributed by atoms with Gasteiger partial charge in [0.2, 0.25) is 0 Å². The van der Waals surface area contributed by atoms with Crippen molar-refractivity contribution in [2.45, 2.75) is 6.42 Å². The number of hydrogen-bond acceptors (Lipinski definition) is 5. The van der Waals surface area contributed by atoms with Gasteiger partial charge in [-0.1, -0.05) is 11.6 Å². The average Bonchev–Trinajstić information content (AvgIpc) is 2.56. The largest absolute Gasteiger partial charge is 0.507 e. The first-order valence-electron chi connectivity index (χ1n) is 7.40. The van der Waals surface area contributed by atoms with E-state index in [0.717, 1.165) is 11.8 Å². The van der Waals surface area contributed by atoms with E-state index in [2.05, 4.69) is 0 Å². The van der Waals surface area contributed by atoms with Crippen LogP contribution in [0.25, 0.3) is 11.0 Å². The topological polar surface area (TPSA) is 68.9 Å². The summed E-state index contributed by atoms with van der Waals surface area (Å²) in [5.74, 6) is 1.20. The van der Waals surface area contributed by atoms with E-state index in [9.17, 15) is 9.90 Å². The Hall–Kier alpha value is -2.66. The third-order valence-corrected chi connectivity index (χ3v) is 3.59. The van der Waals surface area contributed by atoms with Crippen LogP contribution in [0.5, 0.6) is 17.2 Å². The third kappa shape index (κ3) is 4.00. The summed E-state index contributed by atoms with van der Waals surface area (Å²) in [6.45, 7) is 0.952. The number of fused-ring (bicyclic) bond motifs is 1. The molecule has 0 spiro atoms. The quantitative estimate of drug-likeness (QED) is 0.539. The molecule has 124 valence electrons. The molecule has 0 fully saturated rings. The van der Waals surface area contributed by atoms with Crippen LogP contribution in [0.1, 0.15) is 6.42 Å². The first-order chi connectivity index (χ1) is 11.6. The molecule has 1 heterocycles. The molecule has 0 aliphatic carbocycles. The molecule has 0 saturated heterocycles. The van der Waals surface area contributed by atoms with Gasteiger partial charge in [0.15, 0.2) is 0 Å². The maximum atomic E-state index is 11.3. The summed E-state index contributed by atoms with van der Waals surface area (Å²) >= 11 is 5.81. The van der Waals surface area contributed by atoms with Crippen LogP contribution in [0.3, 0.4) is 0 Å². The molecular weight excluding hydrogens is 332 g/mol. The number of aromatic hydroxyl groups is 1. The Morgan fingerprint density at radius 2 is 1.62 bits per heavy atom. The summed E-state index contributed by atoms with van der Waals surface area (Å²) < 4.78 is 16.2. The van der Waals surface area contributed by atoms with Gasteiger partial charge in [0, 0.05) is 17.5 Å². The van der Waals surface area contributed by atoms with E-state index < -0.39 is 5.63 Å². The van der Waals surface area contributed by atoms with Crippen LogP contribution >= 0.6 is 11.6 Å². The van der Waals surface area contributed by atoms with Crippen LogP contribution < -0.4 is 15.1 Å². The first kappa shape index (κ1) is 16.2. The van der Waals surface area contributed by atoms with Crippen LogP contribution in [0.15, 0.2) is 57.7 Å². The summed E-state index contributed by atoms with van der Waals surface area (Å²) in [6.07, 6.45) is 0.685. The maximum absolute atomic E-state index is 11.3. The monoisotopic (exact) mass is 346 g/mol. The second-order valence-corrected chi connectivity index (χ2v) is 5.55. The van der Waals surface area contributed by atoms with Crippen molar-refractivity contribution in [2.75, 3.05) is 13.2 Å². The minimum Gasteiger partial charge on any atom is -0.507 e. The molecule has 3 aromatic rings. The van der Waals surface area contributed by atoms with Crippen molar-refractivity contribution >= 4 is 22.6 Å². The van der Waals surface area contributed by atoms with Crippen molar-refractivity contribution in [3.8, 4) is 17.2 Å². The lowest BCUT2D eigenvalue weighted by molar-refractivity contribution is 0.247. The molecule has 0 amide bonds. The van der Waals surface area contributed by atoms with Crippen molar-refractivity contribution in [2.24, 2.45) is 0 Å². The zero-order valence-electron chi connectivity index (χ0n) is 12.7. The van der Waals surface area contributed by atoms with Gasteiger partial charge in [-0.25, -0.2) is 4.79 Å². The molecule has 0 saturated carbocycles. The predicted octanol–water partition coefficient (Wildman–Crippen LogP) is 4.00. The summed E-state index contributed by atoms with van der Waals surface area (Å²) in [7, 11) is 0. The molecule has 5 nitrogen and oxygen atoms in total. The molecule has 0 aliphatic heterocycles. The Kier molecular flexibility index (Phi) is 4.91. The van der Waals surface area contributed by atoms with E-state index in [1.54, 1.807) is 42.5 Å². The molecule has 0 radical (unpaired) electrons. The van der Waals surface area contributed by atoms with E-state index in [4.69, 9.17) is 25.5 Å². The van der Waals surface area contributed by atoms with Gasteiger partial charge in [0.05, 0.1) is 24.7 Å². The van der Waals surface area contributed by atoms with Gasteiger partial charge in [-0.05, 0) is 36.4 Å². The lowest BCUT2D eigenvalue weighted by Gasteiger charge is -2.08. The third-order valence-electron chi connectivity index (χ3n) is 3.33. The predicted molar refractivity (Wildman–Crippen MR) is 91.2 cm³/mol. The first-order valence-corrected chi connectivity index (χ1v) is 7.78. The zero-order valence-corrected chi connectivity index (χ0v) is 13.5. The Bertz CT molecular complexity index is 886. The number of hydrogen-bond donors (Lipinski definition) is 1. The van der Waals surface area contributed by atoms with Crippen molar-refractivity contribution < 1.29 is 19.0 Å².